The molecule has 8 atom stereocenters. The van der Waals surface area contributed by atoms with Crippen LogP contribution in [0.5, 0.6) is 0 Å². The quantitative estimate of drug-likeness (QED) is 0.0222. The minimum atomic E-state index is -4.95. The van der Waals surface area contributed by atoms with Crippen LogP contribution < -0.4 is 0 Å². The molecular formula is C67H130O17P2. The highest BCUT2D eigenvalue weighted by Gasteiger charge is 2.30. The highest BCUT2D eigenvalue weighted by Crippen LogP contribution is 2.45. The molecule has 0 bridgehead atoms. The fourth-order valence-corrected chi connectivity index (χ4v) is 11.4. The smallest absolute Gasteiger partial charge is 0.462 e. The number of unbranched alkanes of at least 4 members (excludes halogenated alkanes) is 27. The minimum absolute atomic E-state index is 0.103. The predicted molar refractivity (Wildman–Crippen MR) is 344 cm³/mol. The van der Waals surface area contributed by atoms with E-state index in [-0.39, 0.29) is 25.7 Å². The number of hydrogen-bond acceptors (Lipinski definition) is 15. The Kier molecular flexibility index (Phi) is 55.7. The summed E-state index contributed by atoms with van der Waals surface area (Å²) in [6.45, 7) is 14.1. The molecule has 0 aromatic carbocycles. The van der Waals surface area contributed by atoms with E-state index in [1.165, 1.54) is 122 Å². The van der Waals surface area contributed by atoms with Gasteiger partial charge in [-0.3, -0.25) is 37.3 Å². The van der Waals surface area contributed by atoms with Crippen molar-refractivity contribution in [3.63, 3.8) is 0 Å². The molecule has 19 heteroatoms. The van der Waals surface area contributed by atoms with E-state index in [0.29, 0.717) is 25.7 Å². The Morgan fingerprint density at radius 2 is 0.558 bits per heavy atom. The zero-order chi connectivity index (χ0) is 63.9. The van der Waals surface area contributed by atoms with Gasteiger partial charge in [0.1, 0.15) is 19.3 Å². The maximum absolute atomic E-state index is 13.0. The number of hydrogen-bond donors (Lipinski definition) is 3. The van der Waals surface area contributed by atoms with E-state index in [0.717, 1.165) is 120 Å². The number of aliphatic hydroxyl groups excluding tert-OH is 1. The summed E-state index contributed by atoms with van der Waals surface area (Å²) in [5, 5.41) is 10.6. The summed E-state index contributed by atoms with van der Waals surface area (Å²) in [5.74, 6) is 0.877. The lowest BCUT2D eigenvalue weighted by atomic mass is 9.99. The molecule has 0 saturated carbocycles. The third-order valence-corrected chi connectivity index (χ3v) is 18.3. The fourth-order valence-electron chi connectivity index (χ4n) is 9.86. The molecule has 3 N–H and O–H groups in total. The van der Waals surface area contributed by atoms with Gasteiger partial charge >= 0.3 is 39.5 Å². The second-order valence-electron chi connectivity index (χ2n) is 25.4. The largest absolute Gasteiger partial charge is 0.472 e. The van der Waals surface area contributed by atoms with Crippen LogP contribution >= 0.6 is 15.6 Å². The van der Waals surface area contributed by atoms with E-state index < -0.39 is 97.5 Å². The molecule has 0 aliphatic carbocycles. The summed E-state index contributed by atoms with van der Waals surface area (Å²) in [7, 11) is -9.90. The number of carbonyl (C=O) groups is 4. The maximum Gasteiger partial charge on any atom is 0.472 e. The van der Waals surface area contributed by atoms with Crippen molar-refractivity contribution in [2.75, 3.05) is 39.6 Å². The van der Waals surface area contributed by atoms with Crippen molar-refractivity contribution in [3.05, 3.63) is 0 Å². The van der Waals surface area contributed by atoms with Crippen molar-refractivity contribution < 1.29 is 80.2 Å². The van der Waals surface area contributed by atoms with Gasteiger partial charge in [-0.1, -0.05) is 274 Å². The van der Waals surface area contributed by atoms with Gasteiger partial charge in [0.15, 0.2) is 12.2 Å². The molecule has 0 rings (SSSR count). The molecule has 0 heterocycles. The van der Waals surface area contributed by atoms with Crippen LogP contribution in [-0.4, -0.2) is 96.7 Å². The molecule has 0 radical (unpaired) electrons. The van der Waals surface area contributed by atoms with Crippen LogP contribution in [0, 0.1) is 23.7 Å². The van der Waals surface area contributed by atoms with Crippen LogP contribution in [0.4, 0.5) is 0 Å². The van der Waals surface area contributed by atoms with Crippen LogP contribution in [0.3, 0.4) is 0 Å². The van der Waals surface area contributed by atoms with Gasteiger partial charge in [-0.15, -0.1) is 0 Å². The summed E-state index contributed by atoms with van der Waals surface area (Å²) < 4.78 is 68.2. The lowest BCUT2D eigenvalue weighted by molar-refractivity contribution is -0.161. The Bertz CT molecular complexity index is 1720. The molecule has 0 spiro atoms. The SMILES string of the molecule is CCC(C)CCCCCCCCCCC(=O)O[C@H](COC(=O)CCCCCCCCCCCC(C)C)COP(=O)(O)OC[C@@H](O)COP(=O)(O)OC[C@@H](COC(=O)CCCCCCCCC(C)CC)OC(=O)CCCCCCCCCCC(C)CC. The topological polar surface area (TPSA) is 237 Å². The molecule has 17 nitrogen and oxygen atoms in total. The molecule has 5 unspecified atom stereocenters. The molecule has 0 aliphatic rings. The lowest BCUT2D eigenvalue weighted by Crippen LogP contribution is -2.30. The van der Waals surface area contributed by atoms with E-state index in [4.69, 9.17) is 37.0 Å². The number of ether oxygens (including phenoxy) is 4. The van der Waals surface area contributed by atoms with Crippen LogP contribution in [0.2, 0.25) is 0 Å². The van der Waals surface area contributed by atoms with Gasteiger partial charge < -0.3 is 33.8 Å². The van der Waals surface area contributed by atoms with Gasteiger partial charge in [-0.25, -0.2) is 9.13 Å². The normalized spacial score (nSPS) is 15.3. The van der Waals surface area contributed by atoms with Gasteiger partial charge in [0.2, 0.25) is 0 Å². The minimum Gasteiger partial charge on any atom is -0.462 e. The molecule has 0 amide bonds. The zero-order valence-corrected chi connectivity index (χ0v) is 57.7. The molecule has 510 valence electrons. The monoisotopic (exact) mass is 1270 g/mol. The Balaban J connectivity index is 5.28. The Hall–Kier alpha value is -1.94. The third-order valence-electron chi connectivity index (χ3n) is 16.4. The van der Waals surface area contributed by atoms with Crippen LogP contribution in [0.15, 0.2) is 0 Å². The number of phosphoric acid groups is 2. The van der Waals surface area contributed by atoms with E-state index in [2.05, 4.69) is 55.4 Å². The first kappa shape index (κ1) is 84.1. The summed E-state index contributed by atoms with van der Waals surface area (Å²) in [5.41, 5.74) is 0. The van der Waals surface area contributed by atoms with Gasteiger partial charge in [0.25, 0.3) is 0 Å². The number of rotatable bonds is 64. The van der Waals surface area contributed by atoms with Crippen molar-refractivity contribution in [1.82, 2.24) is 0 Å². The second-order valence-corrected chi connectivity index (χ2v) is 28.3. The Morgan fingerprint density at radius 3 is 0.826 bits per heavy atom. The van der Waals surface area contributed by atoms with Crippen molar-refractivity contribution in [2.24, 2.45) is 23.7 Å². The zero-order valence-electron chi connectivity index (χ0n) is 55.9. The molecule has 0 aromatic heterocycles. The first-order valence-electron chi connectivity index (χ1n) is 34.8. The average Bonchev–Trinajstić information content (AvgIpc) is 3.70. The van der Waals surface area contributed by atoms with E-state index in [1.807, 2.05) is 0 Å². The fraction of sp³-hybridized carbons (Fsp3) is 0.940. The van der Waals surface area contributed by atoms with Gasteiger partial charge in [0.05, 0.1) is 26.4 Å². The van der Waals surface area contributed by atoms with Gasteiger partial charge in [0, 0.05) is 25.7 Å². The number of carbonyl (C=O) groups excluding carboxylic acids is 4. The van der Waals surface area contributed by atoms with Crippen molar-refractivity contribution >= 4 is 39.5 Å². The van der Waals surface area contributed by atoms with Crippen molar-refractivity contribution in [3.8, 4) is 0 Å². The van der Waals surface area contributed by atoms with Gasteiger partial charge in [-0.2, -0.15) is 0 Å². The highest BCUT2D eigenvalue weighted by atomic mass is 31.2. The van der Waals surface area contributed by atoms with Crippen molar-refractivity contribution in [2.45, 2.75) is 343 Å². The van der Waals surface area contributed by atoms with Crippen molar-refractivity contribution in [1.29, 1.82) is 0 Å². The van der Waals surface area contributed by atoms with E-state index in [9.17, 15) is 43.2 Å². The summed E-state index contributed by atoms with van der Waals surface area (Å²) in [4.78, 5) is 72.4. The number of phosphoric ester groups is 2. The highest BCUT2D eigenvalue weighted by molar-refractivity contribution is 7.47. The maximum atomic E-state index is 13.0. The molecule has 0 aliphatic heterocycles. The Morgan fingerprint density at radius 1 is 0.326 bits per heavy atom. The third kappa shape index (κ3) is 57.2. The standard InChI is InChI=1S/C67H130O17P2/c1-9-58(6)44-36-28-20-15-17-23-33-41-49-66(71)83-62(53-77-64(69)47-39-31-22-14-12-13-19-27-35-43-57(4)5)55-81-85(73,74)79-51-61(68)52-80-86(75,76)82-56-63(54-78-65(70)48-40-32-26-25-30-38-46-60(8)11-3)84-67(72)50-42-34-24-18-16-21-29-37-45-59(7)10-2/h57-63,68H,9-56H2,1-8H3,(H,73,74)(H,75,76)/t58?,59?,60?,61-,62-,63-/m1/s1. The van der Waals surface area contributed by atoms with Gasteiger partial charge in [-0.05, 0) is 49.4 Å². The van der Waals surface area contributed by atoms with Crippen LogP contribution in [0.25, 0.3) is 0 Å². The predicted octanol–water partition coefficient (Wildman–Crippen LogP) is 18.5. The molecule has 0 fully saturated rings. The molecule has 86 heavy (non-hydrogen) atoms. The number of aliphatic hydroxyl groups is 1. The second kappa shape index (κ2) is 57.0. The Labute approximate surface area is 524 Å². The first-order chi connectivity index (χ1) is 41.2. The molecular weight excluding hydrogens is 1140 g/mol. The molecule has 0 aromatic rings. The average molecular weight is 1270 g/mol. The summed E-state index contributed by atoms with van der Waals surface area (Å²) in [6.07, 6.45) is 37.5. The van der Waals surface area contributed by atoms with Crippen LogP contribution in [-0.2, 0) is 65.4 Å². The first-order valence-corrected chi connectivity index (χ1v) is 37.8. The lowest BCUT2D eigenvalue weighted by Gasteiger charge is -2.21. The van der Waals surface area contributed by atoms with E-state index >= 15 is 0 Å². The number of esters is 4. The molecule has 0 saturated heterocycles. The van der Waals surface area contributed by atoms with Crippen LogP contribution in [0.1, 0.15) is 325 Å². The summed E-state index contributed by atoms with van der Waals surface area (Å²) in [6, 6.07) is 0. The summed E-state index contributed by atoms with van der Waals surface area (Å²) >= 11 is 0. The van der Waals surface area contributed by atoms with E-state index in [1.54, 1.807) is 0 Å².